The molecule has 0 heterocycles. The number of carbonyl (C=O) groups excluding carboxylic acids is 1. The third-order valence-electron chi connectivity index (χ3n) is 3.06. The lowest BCUT2D eigenvalue weighted by Crippen LogP contribution is -2.25. The molecule has 0 saturated heterocycles. The summed E-state index contributed by atoms with van der Waals surface area (Å²) < 4.78 is 5.18. The molecule has 0 radical (unpaired) electrons. The average molecular weight is 296 g/mol. The van der Waals surface area contributed by atoms with Crippen molar-refractivity contribution < 1.29 is 9.53 Å². The Kier molecular flexibility index (Phi) is 7.95. The third-order valence-corrected chi connectivity index (χ3v) is 3.75. The Labute approximate surface area is 125 Å². The number of nitrogens with two attached hydrogens (primary N) is 1. The Bertz CT molecular complexity index is 424. The number of para-hydroxylation sites is 1. The molecule has 0 unspecified atom stereocenters. The van der Waals surface area contributed by atoms with Crippen molar-refractivity contribution in [3.8, 4) is 5.75 Å². The highest BCUT2D eigenvalue weighted by molar-refractivity contribution is 7.98. The van der Waals surface area contributed by atoms with Gasteiger partial charge in [0.2, 0.25) is 0 Å². The average Bonchev–Trinajstić information content (AvgIpc) is 2.45. The number of anilines is 1. The molecule has 1 rings (SSSR count). The van der Waals surface area contributed by atoms with Crippen molar-refractivity contribution in [1.29, 1.82) is 0 Å². The first-order chi connectivity index (χ1) is 9.70. The lowest BCUT2D eigenvalue weighted by atomic mass is 10.1. The van der Waals surface area contributed by atoms with Crippen LogP contribution in [0.1, 0.15) is 36.0 Å². The molecular weight excluding hydrogens is 272 g/mol. The molecule has 1 aromatic rings. The van der Waals surface area contributed by atoms with Gasteiger partial charge in [0.25, 0.3) is 5.91 Å². The fourth-order valence-corrected chi connectivity index (χ4v) is 2.48. The minimum Gasteiger partial charge on any atom is -0.494 e. The van der Waals surface area contributed by atoms with Gasteiger partial charge in [-0.25, -0.2) is 0 Å². The van der Waals surface area contributed by atoms with Crippen molar-refractivity contribution in [3.05, 3.63) is 23.8 Å². The van der Waals surface area contributed by atoms with Crippen LogP contribution in [0.4, 0.5) is 5.69 Å². The summed E-state index contributed by atoms with van der Waals surface area (Å²) in [5.74, 6) is 1.54. The van der Waals surface area contributed by atoms with Gasteiger partial charge in [-0.05, 0) is 37.0 Å². The normalized spacial score (nSPS) is 10.3. The summed E-state index contributed by atoms with van der Waals surface area (Å²) in [7, 11) is 1.52. The van der Waals surface area contributed by atoms with Crippen LogP contribution in [0, 0.1) is 0 Å². The highest BCUT2D eigenvalue weighted by atomic mass is 32.2. The van der Waals surface area contributed by atoms with Gasteiger partial charge >= 0.3 is 0 Å². The quantitative estimate of drug-likeness (QED) is 0.543. The first-order valence-electron chi connectivity index (χ1n) is 6.90. The van der Waals surface area contributed by atoms with Crippen molar-refractivity contribution in [2.24, 2.45) is 0 Å². The van der Waals surface area contributed by atoms with Crippen LogP contribution in [0.15, 0.2) is 18.2 Å². The van der Waals surface area contributed by atoms with Crippen LogP contribution in [-0.2, 0) is 0 Å². The molecule has 4 nitrogen and oxygen atoms in total. The zero-order valence-electron chi connectivity index (χ0n) is 12.3. The number of nitrogens with one attached hydrogen (secondary N) is 1. The van der Waals surface area contributed by atoms with Crippen molar-refractivity contribution >= 4 is 23.4 Å². The second kappa shape index (κ2) is 9.53. The summed E-state index contributed by atoms with van der Waals surface area (Å²) >= 11 is 1.88. The van der Waals surface area contributed by atoms with Gasteiger partial charge in [0.05, 0.1) is 18.4 Å². The lowest BCUT2D eigenvalue weighted by Gasteiger charge is -2.11. The number of methoxy groups -OCH3 is 1. The van der Waals surface area contributed by atoms with Crippen LogP contribution in [0.3, 0.4) is 0 Å². The maximum atomic E-state index is 12.1. The van der Waals surface area contributed by atoms with Crippen LogP contribution < -0.4 is 15.8 Å². The van der Waals surface area contributed by atoms with E-state index in [9.17, 15) is 4.79 Å². The monoisotopic (exact) mass is 296 g/mol. The summed E-state index contributed by atoms with van der Waals surface area (Å²) in [5, 5.41) is 2.91. The van der Waals surface area contributed by atoms with Gasteiger partial charge in [-0.15, -0.1) is 0 Å². The standard InChI is InChI=1S/C15H24N2O2S/c1-19-14-12(8-7-9-13(14)16)15(18)17-10-5-3-4-6-11-20-2/h7-9H,3-6,10-11,16H2,1-2H3,(H,17,18). The molecule has 0 aliphatic carbocycles. The number of unbranched alkanes of at least 4 members (excludes halogenated alkanes) is 3. The van der Waals surface area contributed by atoms with Gasteiger partial charge in [-0.3, -0.25) is 4.79 Å². The molecule has 112 valence electrons. The molecule has 5 heteroatoms. The predicted octanol–water partition coefficient (Wildman–Crippen LogP) is 2.93. The van der Waals surface area contributed by atoms with E-state index in [1.165, 1.54) is 25.7 Å². The number of ether oxygens (including phenoxy) is 1. The van der Waals surface area contributed by atoms with Crippen LogP contribution in [0.25, 0.3) is 0 Å². The van der Waals surface area contributed by atoms with Gasteiger partial charge in [-0.2, -0.15) is 11.8 Å². The Morgan fingerprint density at radius 3 is 2.75 bits per heavy atom. The number of rotatable bonds is 9. The first kappa shape index (κ1) is 16.7. The number of benzene rings is 1. The minimum atomic E-state index is -0.127. The molecule has 0 atom stereocenters. The van der Waals surface area contributed by atoms with Crippen molar-refractivity contribution in [3.63, 3.8) is 0 Å². The zero-order chi connectivity index (χ0) is 14.8. The van der Waals surface area contributed by atoms with Crippen molar-refractivity contribution in [1.82, 2.24) is 5.32 Å². The van der Waals surface area contributed by atoms with Crippen LogP contribution >= 0.6 is 11.8 Å². The van der Waals surface area contributed by atoms with E-state index in [1.54, 1.807) is 18.2 Å². The van der Waals surface area contributed by atoms with E-state index >= 15 is 0 Å². The van der Waals surface area contributed by atoms with Gasteiger partial charge in [-0.1, -0.05) is 18.9 Å². The molecule has 1 aromatic carbocycles. The highest BCUT2D eigenvalue weighted by Crippen LogP contribution is 2.25. The SMILES string of the molecule is COc1c(N)cccc1C(=O)NCCCCCCSC. The molecule has 0 aliphatic heterocycles. The van der Waals surface area contributed by atoms with Crippen molar-refractivity contribution in [2.75, 3.05) is 31.4 Å². The largest absolute Gasteiger partial charge is 0.494 e. The van der Waals surface area contributed by atoms with E-state index < -0.39 is 0 Å². The van der Waals surface area contributed by atoms with E-state index in [2.05, 4.69) is 11.6 Å². The lowest BCUT2D eigenvalue weighted by molar-refractivity contribution is 0.0950. The van der Waals surface area contributed by atoms with Crippen LogP contribution in [0.5, 0.6) is 5.75 Å². The molecule has 1 amide bonds. The predicted molar refractivity (Wildman–Crippen MR) is 86.6 cm³/mol. The second-order valence-electron chi connectivity index (χ2n) is 4.59. The van der Waals surface area contributed by atoms with Crippen molar-refractivity contribution in [2.45, 2.75) is 25.7 Å². The first-order valence-corrected chi connectivity index (χ1v) is 8.29. The second-order valence-corrected chi connectivity index (χ2v) is 5.58. The minimum absolute atomic E-state index is 0.127. The Morgan fingerprint density at radius 1 is 1.30 bits per heavy atom. The molecule has 0 aromatic heterocycles. The van der Waals surface area contributed by atoms with Gasteiger partial charge in [0.15, 0.2) is 5.75 Å². The van der Waals surface area contributed by atoms with E-state index in [1.807, 2.05) is 11.8 Å². The molecule has 0 fully saturated rings. The molecular formula is C15H24N2O2S. The van der Waals surface area contributed by atoms with Gasteiger partial charge < -0.3 is 15.8 Å². The number of amides is 1. The third kappa shape index (κ3) is 5.33. The maximum absolute atomic E-state index is 12.1. The van der Waals surface area contributed by atoms with Crippen LogP contribution in [0.2, 0.25) is 0 Å². The number of nitrogen functional groups attached to an aromatic ring is 1. The summed E-state index contributed by atoms with van der Waals surface area (Å²) in [4.78, 5) is 12.1. The van der Waals surface area contributed by atoms with E-state index in [-0.39, 0.29) is 5.91 Å². The fourth-order valence-electron chi connectivity index (χ4n) is 1.98. The van der Waals surface area contributed by atoms with Crippen LogP contribution in [-0.4, -0.2) is 31.6 Å². The fraction of sp³-hybridized carbons (Fsp3) is 0.533. The highest BCUT2D eigenvalue weighted by Gasteiger charge is 2.13. The smallest absolute Gasteiger partial charge is 0.255 e. The Hall–Kier alpha value is -1.36. The Morgan fingerprint density at radius 2 is 2.05 bits per heavy atom. The number of thioether (sulfide) groups is 1. The molecule has 20 heavy (non-hydrogen) atoms. The van der Waals surface area contributed by atoms with Gasteiger partial charge in [0, 0.05) is 6.54 Å². The summed E-state index contributed by atoms with van der Waals surface area (Å²) in [5.41, 5.74) is 6.76. The maximum Gasteiger partial charge on any atom is 0.255 e. The van der Waals surface area contributed by atoms with Gasteiger partial charge in [0.1, 0.15) is 0 Å². The summed E-state index contributed by atoms with van der Waals surface area (Å²) in [6.07, 6.45) is 6.75. The molecule has 0 spiro atoms. The molecule has 0 saturated carbocycles. The van der Waals surface area contributed by atoms with E-state index in [0.717, 1.165) is 12.8 Å². The zero-order valence-corrected chi connectivity index (χ0v) is 13.1. The molecule has 0 bridgehead atoms. The number of hydrogen-bond acceptors (Lipinski definition) is 4. The van der Waals surface area contributed by atoms with E-state index in [0.29, 0.717) is 23.5 Å². The summed E-state index contributed by atoms with van der Waals surface area (Å²) in [6, 6.07) is 5.21. The molecule has 3 N–H and O–H groups in total. The summed E-state index contributed by atoms with van der Waals surface area (Å²) in [6.45, 7) is 0.691. The van der Waals surface area contributed by atoms with E-state index in [4.69, 9.17) is 10.5 Å². The topological polar surface area (TPSA) is 64.3 Å². The Balaban J connectivity index is 2.35. The molecule has 0 aliphatic rings. The number of hydrogen-bond donors (Lipinski definition) is 2. The number of carbonyl (C=O) groups is 1.